The molecule has 3 aromatic carbocycles. The van der Waals surface area contributed by atoms with E-state index < -0.39 is 4.92 Å². The number of nitrogens with one attached hydrogen (secondary N) is 1. The van der Waals surface area contributed by atoms with Gasteiger partial charge in [0.05, 0.1) is 34.0 Å². The Hall–Kier alpha value is -5.75. The van der Waals surface area contributed by atoms with Gasteiger partial charge in [-0.1, -0.05) is 42.5 Å². The molecule has 12 nitrogen and oxygen atoms in total. The summed E-state index contributed by atoms with van der Waals surface area (Å²) in [7, 11) is 0. The molecule has 0 saturated heterocycles. The number of hydrogen-bond acceptors (Lipinski definition) is 10. The Morgan fingerprint density at radius 2 is 1.81 bits per heavy atom. The SMILES string of the molecule is Nc1nccc(-c2ccc3c(c2)ncn3-c2cc(-c3ccccc3CO)nc(NCCc3cccc([N+](=O)[O-])c3)n2)n1. The standard InChI is InChI=1S/C30H25N9O3/c31-29-32-13-11-24(35-29)20-8-9-27-26(15-20)34-18-38(27)28-16-25(23-7-2-1-5-21(23)17-40)36-30(37-28)33-12-10-19-4-3-6-22(14-19)39(41)42/h1-9,11,13-16,18,40H,10,12,17H2,(H2,31,32,35)(H,33,36,37). The van der Waals surface area contributed by atoms with Gasteiger partial charge in [-0.05, 0) is 35.7 Å². The molecule has 0 saturated carbocycles. The fourth-order valence-corrected chi connectivity index (χ4v) is 4.72. The smallest absolute Gasteiger partial charge is 0.269 e. The van der Waals surface area contributed by atoms with Crippen molar-refractivity contribution in [3.8, 4) is 28.3 Å². The number of anilines is 2. The van der Waals surface area contributed by atoms with E-state index in [4.69, 9.17) is 15.7 Å². The molecule has 0 amide bonds. The van der Waals surface area contributed by atoms with Crippen molar-refractivity contribution in [3.05, 3.63) is 113 Å². The Kier molecular flexibility index (Phi) is 7.18. The zero-order valence-corrected chi connectivity index (χ0v) is 22.3. The van der Waals surface area contributed by atoms with Crippen molar-refractivity contribution in [1.82, 2.24) is 29.5 Å². The van der Waals surface area contributed by atoms with Crippen molar-refractivity contribution in [1.29, 1.82) is 0 Å². The van der Waals surface area contributed by atoms with Gasteiger partial charge in [0, 0.05) is 42.1 Å². The summed E-state index contributed by atoms with van der Waals surface area (Å²) in [6, 6.07) is 23.5. The maximum Gasteiger partial charge on any atom is 0.269 e. The van der Waals surface area contributed by atoms with Gasteiger partial charge in [0.2, 0.25) is 11.9 Å². The van der Waals surface area contributed by atoms with Crippen molar-refractivity contribution in [2.45, 2.75) is 13.0 Å². The molecule has 0 aliphatic heterocycles. The number of benzene rings is 3. The second kappa shape index (κ2) is 11.4. The molecular weight excluding hydrogens is 534 g/mol. The first-order valence-electron chi connectivity index (χ1n) is 13.1. The number of fused-ring (bicyclic) bond motifs is 1. The molecule has 208 valence electrons. The van der Waals surface area contributed by atoms with Crippen molar-refractivity contribution < 1.29 is 10.0 Å². The Labute approximate surface area is 239 Å². The summed E-state index contributed by atoms with van der Waals surface area (Å²) in [5.41, 5.74) is 11.9. The first-order chi connectivity index (χ1) is 20.5. The van der Waals surface area contributed by atoms with Crippen LogP contribution in [0.15, 0.2) is 91.4 Å². The van der Waals surface area contributed by atoms with E-state index in [0.717, 1.165) is 33.3 Å². The van der Waals surface area contributed by atoms with Crippen LogP contribution in [0.5, 0.6) is 0 Å². The number of nitro benzene ring substituents is 1. The first-order valence-corrected chi connectivity index (χ1v) is 13.1. The molecule has 0 radical (unpaired) electrons. The molecule has 0 atom stereocenters. The molecule has 0 fully saturated rings. The first kappa shape index (κ1) is 26.5. The van der Waals surface area contributed by atoms with Crippen LogP contribution < -0.4 is 11.1 Å². The van der Waals surface area contributed by atoms with Gasteiger partial charge in [-0.2, -0.15) is 4.98 Å². The average molecular weight is 560 g/mol. The van der Waals surface area contributed by atoms with Crippen LogP contribution in [0.3, 0.4) is 0 Å². The maximum atomic E-state index is 11.2. The van der Waals surface area contributed by atoms with Crippen LogP contribution in [0, 0.1) is 10.1 Å². The van der Waals surface area contributed by atoms with E-state index in [2.05, 4.69) is 20.3 Å². The number of rotatable bonds is 9. The molecule has 0 aliphatic carbocycles. The fraction of sp³-hybridized carbons (Fsp3) is 0.100. The lowest BCUT2D eigenvalue weighted by Gasteiger charge is -2.13. The fourth-order valence-electron chi connectivity index (χ4n) is 4.72. The van der Waals surface area contributed by atoms with E-state index >= 15 is 0 Å². The van der Waals surface area contributed by atoms with Crippen LogP contribution >= 0.6 is 0 Å². The number of aliphatic hydroxyl groups is 1. The lowest BCUT2D eigenvalue weighted by atomic mass is 10.0. The normalized spacial score (nSPS) is 11.1. The number of nitrogens with two attached hydrogens (primary N) is 1. The van der Waals surface area contributed by atoms with Gasteiger partial charge >= 0.3 is 0 Å². The lowest BCUT2D eigenvalue weighted by Crippen LogP contribution is -2.11. The highest BCUT2D eigenvalue weighted by atomic mass is 16.6. The van der Waals surface area contributed by atoms with Crippen LogP contribution in [0.25, 0.3) is 39.4 Å². The van der Waals surface area contributed by atoms with Gasteiger partial charge in [0.1, 0.15) is 12.1 Å². The van der Waals surface area contributed by atoms with Crippen molar-refractivity contribution in [2.75, 3.05) is 17.6 Å². The van der Waals surface area contributed by atoms with Gasteiger partial charge < -0.3 is 16.2 Å². The Bertz CT molecular complexity index is 1920. The van der Waals surface area contributed by atoms with E-state index in [1.165, 1.54) is 6.07 Å². The number of nitro groups is 1. The van der Waals surface area contributed by atoms with E-state index in [-0.39, 0.29) is 18.2 Å². The van der Waals surface area contributed by atoms with Gasteiger partial charge in [-0.25, -0.2) is 19.9 Å². The molecule has 0 spiro atoms. The minimum Gasteiger partial charge on any atom is -0.392 e. The van der Waals surface area contributed by atoms with E-state index in [0.29, 0.717) is 36.1 Å². The van der Waals surface area contributed by atoms with Crippen LogP contribution in [0.2, 0.25) is 0 Å². The molecule has 6 rings (SSSR count). The van der Waals surface area contributed by atoms with Gasteiger partial charge in [-0.3, -0.25) is 14.7 Å². The third-order valence-corrected chi connectivity index (χ3v) is 6.76. The molecule has 0 unspecified atom stereocenters. The number of hydrogen-bond donors (Lipinski definition) is 3. The monoisotopic (exact) mass is 559 g/mol. The Morgan fingerprint density at radius 3 is 2.64 bits per heavy atom. The Balaban J connectivity index is 1.36. The molecular formula is C30H25N9O3. The summed E-state index contributed by atoms with van der Waals surface area (Å²) >= 11 is 0. The number of aliphatic hydroxyl groups excluding tert-OH is 1. The van der Waals surface area contributed by atoms with Crippen molar-refractivity contribution in [2.24, 2.45) is 0 Å². The summed E-state index contributed by atoms with van der Waals surface area (Å²) in [4.78, 5) is 33.1. The summed E-state index contributed by atoms with van der Waals surface area (Å²) in [6.07, 6.45) is 3.84. The van der Waals surface area contributed by atoms with Crippen molar-refractivity contribution in [3.63, 3.8) is 0 Å². The average Bonchev–Trinajstić information content (AvgIpc) is 3.44. The molecule has 6 aromatic rings. The zero-order valence-electron chi connectivity index (χ0n) is 22.3. The predicted octanol–water partition coefficient (Wildman–Crippen LogP) is 4.58. The number of non-ortho nitro benzene ring substituents is 1. The van der Waals surface area contributed by atoms with E-state index in [9.17, 15) is 15.2 Å². The molecule has 42 heavy (non-hydrogen) atoms. The largest absolute Gasteiger partial charge is 0.392 e. The zero-order chi connectivity index (χ0) is 29.1. The predicted molar refractivity (Wildman–Crippen MR) is 159 cm³/mol. The second-order valence-electron chi connectivity index (χ2n) is 9.47. The summed E-state index contributed by atoms with van der Waals surface area (Å²) in [6.45, 7) is 0.303. The highest BCUT2D eigenvalue weighted by Gasteiger charge is 2.14. The van der Waals surface area contributed by atoms with E-state index in [1.54, 1.807) is 30.7 Å². The van der Waals surface area contributed by atoms with Crippen LogP contribution in [0.4, 0.5) is 17.6 Å². The van der Waals surface area contributed by atoms with Gasteiger partial charge in [0.25, 0.3) is 5.69 Å². The molecule has 12 heteroatoms. The molecule has 4 N–H and O–H groups in total. The summed E-state index contributed by atoms with van der Waals surface area (Å²) in [5, 5.41) is 24.4. The third-order valence-electron chi connectivity index (χ3n) is 6.76. The molecule has 0 aliphatic rings. The summed E-state index contributed by atoms with van der Waals surface area (Å²) in [5.74, 6) is 1.14. The maximum absolute atomic E-state index is 11.2. The third kappa shape index (κ3) is 5.46. The highest BCUT2D eigenvalue weighted by molar-refractivity contribution is 5.83. The lowest BCUT2D eigenvalue weighted by molar-refractivity contribution is -0.384. The molecule has 3 heterocycles. The molecule has 3 aromatic heterocycles. The van der Waals surface area contributed by atoms with Crippen LogP contribution in [-0.4, -0.2) is 46.1 Å². The number of aromatic nitrogens is 6. The molecule has 0 bridgehead atoms. The highest BCUT2D eigenvalue weighted by Crippen LogP contribution is 2.28. The second-order valence-corrected chi connectivity index (χ2v) is 9.47. The number of nitrogens with zero attached hydrogens (tertiary/aromatic N) is 7. The van der Waals surface area contributed by atoms with Gasteiger partial charge in [0.15, 0.2) is 0 Å². The minimum absolute atomic E-state index is 0.0481. The van der Waals surface area contributed by atoms with Crippen LogP contribution in [0.1, 0.15) is 11.1 Å². The van der Waals surface area contributed by atoms with Crippen LogP contribution in [-0.2, 0) is 13.0 Å². The summed E-state index contributed by atoms with van der Waals surface area (Å²) < 4.78 is 1.87. The van der Waals surface area contributed by atoms with Gasteiger partial charge in [-0.15, -0.1) is 0 Å². The minimum atomic E-state index is -0.407. The Morgan fingerprint density at radius 1 is 0.929 bits per heavy atom. The number of imidazole rings is 1. The number of nitrogen functional groups attached to an aromatic ring is 1. The van der Waals surface area contributed by atoms with Crippen molar-refractivity contribution >= 4 is 28.6 Å². The van der Waals surface area contributed by atoms with E-state index in [1.807, 2.05) is 59.2 Å². The quantitative estimate of drug-likeness (QED) is 0.168. The topological polar surface area (TPSA) is 171 Å².